The smallest absolute Gasteiger partial charge is 0.313 e. The number of carbonyl (C=O) groups excluding carboxylic acids is 1. The van der Waals surface area contributed by atoms with Crippen LogP contribution in [0, 0.1) is 23.7 Å². The van der Waals surface area contributed by atoms with Crippen molar-refractivity contribution in [2.45, 2.75) is 79.2 Å². The van der Waals surface area contributed by atoms with E-state index in [1.54, 1.807) is 0 Å². The van der Waals surface area contributed by atoms with Crippen molar-refractivity contribution in [3.63, 3.8) is 0 Å². The zero-order chi connectivity index (χ0) is 18.6. The molecule has 1 aromatic rings. The second-order valence-corrected chi connectivity index (χ2v) is 8.86. The Hall–Kier alpha value is -1.31. The van der Waals surface area contributed by atoms with E-state index in [0.717, 1.165) is 18.4 Å². The van der Waals surface area contributed by atoms with Gasteiger partial charge < -0.3 is 4.74 Å². The second-order valence-electron chi connectivity index (χ2n) is 8.86. The van der Waals surface area contributed by atoms with E-state index in [-0.39, 0.29) is 18.0 Å². The van der Waals surface area contributed by atoms with E-state index in [9.17, 15) is 4.79 Å². The normalized spacial score (nSPS) is 25.2. The summed E-state index contributed by atoms with van der Waals surface area (Å²) in [7, 11) is 0. The van der Waals surface area contributed by atoms with Gasteiger partial charge >= 0.3 is 5.97 Å². The number of hydrogen-bond acceptors (Lipinski definition) is 2. The lowest BCUT2D eigenvalue weighted by Gasteiger charge is -2.37. The van der Waals surface area contributed by atoms with Crippen molar-refractivity contribution in [3.8, 4) is 0 Å². The Kier molecular flexibility index (Phi) is 7.10. The van der Waals surface area contributed by atoms with Crippen LogP contribution in [0.1, 0.15) is 77.8 Å². The molecule has 2 heteroatoms. The molecule has 1 aliphatic carbocycles. The predicted octanol–water partition coefficient (Wildman–Crippen LogP) is 5.99. The van der Waals surface area contributed by atoms with E-state index in [1.165, 1.54) is 18.4 Å². The maximum Gasteiger partial charge on any atom is 0.313 e. The van der Waals surface area contributed by atoms with Gasteiger partial charge in [0.05, 0.1) is 5.92 Å². The Morgan fingerprint density at radius 2 is 1.72 bits per heavy atom. The van der Waals surface area contributed by atoms with Gasteiger partial charge in [0.1, 0.15) is 6.10 Å². The number of benzene rings is 1. The molecule has 4 atom stereocenters. The molecule has 140 valence electrons. The largest absolute Gasteiger partial charge is 0.462 e. The van der Waals surface area contributed by atoms with Crippen LogP contribution in [0.5, 0.6) is 0 Å². The molecule has 0 aliphatic heterocycles. The van der Waals surface area contributed by atoms with Crippen molar-refractivity contribution in [2.75, 3.05) is 0 Å². The molecule has 0 saturated heterocycles. The van der Waals surface area contributed by atoms with Crippen LogP contribution in [-0.4, -0.2) is 12.1 Å². The molecule has 2 unspecified atom stereocenters. The molecular formula is C23H36O2. The number of carbonyl (C=O) groups is 1. The van der Waals surface area contributed by atoms with Gasteiger partial charge in [0, 0.05) is 0 Å². The number of hydrogen-bond donors (Lipinski definition) is 0. The highest BCUT2D eigenvalue weighted by atomic mass is 16.5. The van der Waals surface area contributed by atoms with Crippen molar-refractivity contribution < 1.29 is 9.53 Å². The summed E-state index contributed by atoms with van der Waals surface area (Å²) in [6.07, 6.45) is 4.60. The monoisotopic (exact) mass is 344 g/mol. The van der Waals surface area contributed by atoms with Gasteiger partial charge in [-0.3, -0.25) is 4.79 Å². The molecule has 25 heavy (non-hydrogen) atoms. The standard InChI is InChI=1S/C23H36O2/c1-15(2)13-19-8-10-20(11-9-19)18(6)23(24)25-22-14-17(5)7-12-21(22)16(3)4/h8-11,15-18,21-22H,7,12-14H2,1-6H3/t17-,18?,21+,22?/m1/s1. The predicted molar refractivity (Wildman–Crippen MR) is 105 cm³/mol. The minimum atomic E-state index is -0.196. The van der Waals surface area contributed by atoms with Gasteiger partial charge in [-0.1, -0.05) is 65.3 Å². The maximum absolute atomic E-state index is 12.7. The highest BCUT2D eigenvalue weighted by Crippen LogP contribution is 2.36. The Labute approximate surface area is 154 Å². The molecule has 0 heterocycles. The molecule has 0 amide bonds. The van der Waals surface area contributed by atoms with Crippen molar-refractivity contribution in [2.24, 2.45) is 23.7 Å². The van der Waals surface area contributed by atoms with Crippen LogP contribution in [0.25, 0.3) is 0 Å². The molecule has 1 saturated carbocycles. The molecule has 0 radical (unpaired) electrons. The summed E-state index contributed by atoms with van der Waals surface area (Å²) in [6.45, 7) is 13.2. The average molecular weight is 345 g/mol. The molecule has 1 aromatic carbocycles. The van der Waals surface area contributed by atoms with E-state index in [0.29, 0.717) is 23.7 Å². The summed E-state index contributed by atoms with van der Waals surface area (Å²) in [5.41, 5.74) is 2.39. The second kappa shape index (κ2) is 8.87. The highest BCUT2D eigenvalue weighted by molar-refractivity contribution is 5.77. The van der Waals surface area contributed by atoms with Crippen LogP contribution in [0.2, 0.25) is 0 Å². The van der Waals surface area contributed by atoms with Crippen molar-refractivity contribution in [1.82, 2.24) is 0 Å². The van der Waals surface area contributed by atoms with Crippen LogP contribution in [0.3, 0.4) is 0 Å². The summed E-state index contributed by atoms with van der Waals surface area (Å²) in [5, 5.41) is 0. The van der Waals surface area contributed by atoms with Gasteiger partial charge in [-0.05, 0) is 61.0 Å². The minimum absolute atomic E-state index is 0.0682. The molecule has 0 spiro atoms. The lowest BCUT2D eigenvalue weighted by molar-refractivity contribution is -0.157. The summed E-state index contributed by atoms with van der Waals surface area (Å²) >= 11 is 0. The molecule has 2 rings (SSSR count). The molecule has 1 aliphatic rings. The van der Waals surface area contributed by atoms with Crippen LogP contribution >= 0.6 is 0 Å². The first kappa shape index (κ1) is 20.0. The lowest BCUT2D eigenvalue weighted by Crippen LogP contribution is -2.36. The third-order valence-electron chi connectivity index (χ3n) is 5.71. The quantitative estimate of drug-likeness (QED) is 0.592. The van der Waals surface area contributed by atoms with Crippen molar-refractivity contribution in [3.05, 3.63) is 35.4 Å². The molecule has 0 bridgehead atoms. The van der Waals surface area contributed by atoms with Crippen LogP contribution in [0.4, 0.5) is 0 Å². The SMILES string of the molecule is CC(C)Cc1ccc(C(C)C(=O)OC2C[C@H](C)CC[C@H]2C(C)C)cc1. The number of rotatable bonds is 6. The van der Waals surface area contributed by atoms with Gasteiger partial charge in [-0.15, -0.1) is 0 Å². The van der Waals surface area contributed by atoms with Gasteiger partial charge in [0.2, 0.25) is 0 Å². The van der Waals surface area contributed by atoms with Crippen LogP contribution in [0.15, 0.2) is 24.3 Å². The van der Waals surface area contributed by atoms with Gasteiger partial charge in [-0.25, -0.2) is 0 Å². The van der Waals surface area contributed by atoms with E-state index in [2.05, 4.69) is 58.9 Å². The van der Waals surface area contributed by atoms with E-state index >= 15 is 0 Å². The summed E-state index contributed by atoms with van der Waals surface area (Å²) in [6, 6.07) is 8.48. The summed E-state index contributed by atoms with van der Waals surface area (Å²) < 4.78 is 6.01. The van der Waals surface area contributed by atoms with E-state index < -0.39 is 0 Å². The van der Waals surface area contributed by atoms with Gasteiger partial charge in [0.25, 0.3) is 0 Å². The molecule has 0 N–H and O–H groups in total. The molecule has 0 aromatic heterocycles. The number of esters is 1. The Morgan fingerprint density at radius 1 is 1.08 bits per heavy atom. The third-order valence-corrected chi connectivity index (χ3v) is 5.71. The first-order valence-corrected chi connectivity index (χ1v) is 10.1. The Bertz CT molecular complexity index is 544. The molecular weight excluding hydrogens is 308 g/mol. The topological polar surface area (TPSA) is 26.3 Å². The van der Waals surface area contributed by atoms with Crippen molar-refractivity contribution in [1.29, 1.82) is 0 Å². The van der Waals surface area contributed by atoms with Gasteiger partial charge in [-0.2, -0.15) is 0 Å². The Balaban J connectivity index is 2.01. The fourth-order valence-corrected chi connectivity index (χ4v) is 4.05. The zero-order valence-corrected chi connectivity index (χ0v) is 16.9. The van der Waals surface area contributed by atoms with Crippen molar-refractivity contribution >= 4 is 5.97 Å². The first-order valence-electron chi connectivity index (χ1n) is 10.1. The molecule has 2 nitrogen and oxygen atoms in total. The minimum Gasteiger partial charge on any atom is -0.462 e. The van der Waals surface area contributed by atoms with E-state index in [4.69, 9.17) is 4.74 Å². The lowest BCUT2D eigenvalue weighted by atomic mass is 9.75. The molecule has 1 fully saturated rings. The fraction of sp³-hybridized carbons (Fsp3) is 0.696. The van der Waals surface area contributed by atoms with Crippen LogP contribution < -0.4 is 0 Å². The van der Waals surface area contributed by atoms with Gasteiger partial charge in [0.15, 0.2) is 0 Å². The summed E-state index contributed by atoms with van der Waals surface area (Å²) in [5.74, 6) is 2.10. The maximum atomic E-state index is 12.7. The first-order chi connectivity index (χ1) is 11.8. The third kappa shape index (κ3) is 5.59. The van der Waals surface area contributed by atoms with Crippen LogP contribution in [-0.2, 0) is 16.0 Å². The average Bonchev–Trinajstić information content (AvgIpc) is 2.54. The number of ether oxygens (including phenoxy) is 1. The zero-order valence-electron chi connectivity index (χ0n) is 16.9. The fourth-order valence-electron chi connectivity index (χ4n) is 4.05. The summed E-state index contributed by atoms with van der Waals surface area (Å²) in [4.78, 5) is 12.7. The Morgan fingerprint density at radius 3 is 2.28 bits per heavy atom. The highest BCUT2D eigenvalue weighted by Gasteiger charge is 2.34. The van der Waals surface area contributed by atoms with E-state index in [1.807, 2.05) is 6.92 Å².